The Bertz CT molecular complexity index is 1990. The maximum atomic E-state index is 14.1. The first-order valence-corrected chi connectivity index (χ1v) is 14.3. The number of nitrogens with zero attached hydrogens (tertiary/aromatic N) is 7. The summed E-state index contributed by atoms with van der Waals surface area (Å²) in [7, 11) is 5.99. The molecule has 0 saturated heterocycles. The Kier molecular flexibility index (Phi) is 8.46. The van der Waals surface area contributed by atoms with Gasteiger partial charge in [0.1, 0.15) is 18.3 Å². The van der Waals surface area contributed by atoms with Crippen LogP contribution in [0.15, 0.2) is 76.2 Å². The zero-order valence-corrected chi connectivity index (χ0v) is 25.8. The van der Waals surface area contributed by atoms with Gasteiger partial charge in [0.15, 0.2) is 5.76 Å². The average Bonchev–Trinajstić information content (AvgIpc) is 3.72. The van der Waals surface area contributed by atoms with Gasteiger partial charge < -0.3 is 14.2 Å². The molecule has 0 radical (unpaired) electrons. The van der Waals surface area contributed by atoms with Crippen LogP contribution in [0, 0.1) is 18.3 Å². The second-order valence-corrected chi connectivity index (χ2v) is 11.7. The van der Waals surface area contributed by atoms with E-state index in [0.29, 0.717) is 40.2 Å². The van der Waals surface area contributed by atoms with Crippen LogP contribution < -0.4 is 11.0 Å². The fourth-order valence-electron chi connectivity index (χ4n) is 5.16. The molecule has 3 heterocycles. The number of aromatic nitrogens is 5. The van der Waals surface area contributed by atoms with Crippen molar-refractivity contribution >= 4 is 6.03 Å². The number of carbonyl (C=O) groups excluding carboxylic acids is 1. The van der Waals surface area contributed by atoms with Crippen LogP contribution in [0.1, 0.15) is 47.9 Å². The summed E-state index contributed by atoms with van der Waals surface area (Å²) in [4.78, 5) is 32.5. The van der Waals surface area contributed by atoms with E-state index in [1.54, 1.807) is 43.5 Å². The molecule has 0 aliphatic carbocycles. The van der Waals surface area contributed by atoms with Gasteiger partial charge in [-0.1, -0.05) is 13.0 Å². The summed E-state index contributed by atoms with van der Waals surface area (Å²) in [6, 6.07) is 12.9. The Morgan fingerprint density at radius 2 is 1.83 bits per heavy atom. The van der Waals surface area contributed by atoms with E-state index in [1.165, 1.54) is 23.0 Å². The Labute approximate surface area is 262 Å². The second-order valence-electron chi connectivity index (χ2n) is 11.7. The molecule has 0 aliphatic heterocycles. The lowest BCUT2D eigenvalue weighted by Crippen LogP contribution is -2.39. The fraction of sp³-hybridized carbons (Fsp3) is 0.281. The minimum absolute atomic E-state index is 0.0701. The predicted octanol–water partition coefficient (Wildman–Crippen LogP) is 5.59. The molecule has 1 N–H and O–H groups in total. The number of hydrogen-bond acceptors (Lipinski definition) is 6. The molecule has 0 unspecified atom stereocenters. The number of alkyl halides is 3. The van der Waals surface area contributed by atoms with Crippen LogP contribution in [0.5, 0.6) is 0 Å². The molecule has 238 valence electrons. The van der Waals surface area contributed by atoms with Gasteiger partial charge in [0.05, 0.1) is 73.5 Å². The summed E-state index contributed by atoms with van der Waals surface area (Å²) in [6.07, 6.45) is -1.22. The molecule has 0 bridgehead atoms. The third kappa shape index (κ3) is 6.36. The van der Waals surface area contributed by atoms with E-state index in [0.717, 1.165) is 21.3 Å². The molecule has 3 aromatic heterocycles. The molecule has 5 rings (SSSR count). The Hall–Kier alpha value is -5.42. The van der Waals surface area contributed by atoms with Crippen LogP contribution in [-0.2, 0) is 12.7 Å². The summed E-state index contributed by atoms with van der Waals surface area (Å²) >= 11 is 0. The number of hydrogen-bond donors (Lipinski definition) is 1. The maximum absolute atomic E-state index is 14.1. The SMILES string of the molecule is CC[C@H](NC(=O)n1c(-c2ccnn2-c2ccc(C#N)cc2)c(C)n(-c2cccc(C(F)(F)F)c2)c1=O)c1ncc(C[N+](C)(C)C)o1. The van der Waals surface area contributed by atoms with Gasteiger partial charge >= 0.3 is 17.9 Å². The van der Waals surface area contributed by atoms with Crippen molar-refractivity contribution in [3.8, 4) is 28.8 Å². The van der Waals surface area contributed by atoms with Crippen LogP contribution in [0.2, 0.25) is 0 Å². The molecule has 0 aliphatic rings. The molecule has 46 heavy (non-hydrogen) atoms. The number of nitriles is 1. The van der Waals surface area contributed by atoms with Gasteiger partial charge in [0.2, 0.25) is 5.89 Å². The van der Waals surface area contributed by atoms with E-state index in [2.05, 4.69) is 15.4 Å². The number of imidazole rings is 1. The first-order valence-electron chi connectivity index (χ1n) is 14.3. The zero-order valence-electron chi connectivity index (χ0n) is 25.8. The first kappa shape index (κ1) is 32.0. The lowest BCUT2D eigenvalue weighted by atomic mass is 10.1. The number of nitrogens with one attached hydrogen (secondary N) is 1. The van der Waals surface area contributed by atoms with Crippen molar-refractivity contribution in [1.29, 1.82) is 5.26 Å². The average molecular weight is 634 g/mol. The first-order chi connectivity index (χ1) is 21.7. The van der Waals surface area contributed by atoms with Gasteiger partial charge in [-0.25, -0.2) is 23.8 Å². The van der Waals surface area contributed by atoms with Crippen molar-refractivity contribution in [3.63, 3.8) is 0 Å². The van der Waals surface area contributed by atoms with Gasteiger partial charge in [0.25, 0.3) is 0 Å². The minimum atomic E-state index is -4.65. The third-order valence-electron chi connectivity index (χ3n) is 7.25. The third-order valence-corrected chi connectivity index (χ3v) is 7.25. The molecule has 5 aromatic rings. The number of amides is 1. The molecule has 2 aromatic carbocycles. The topological polar surface area (TPSA) is 124 Å². The fourth-order valence-corrected chi connectivity index (χ4v) is 5.16. The molecule has 14 heteroatoms. The standard InChI is InChI=1S/C32H31F3N8O3/c1-6-26(29-37-18-25(46-29)19-43(3,4)5)39-30(44)41-28(27-14-15-38-42(27)23-12-10-21(17-36)11-13-23)20(2)40(31(41)45)24-9-7-8-22(16-24)32(33,34)35/h7-16,18,26H,6,19H2,1-5H3/p+1/t26-/m0/s1. The van der Waals surface area contributed by atoms with Gasteiger partial charge in [-0.05, 0) is 61.9 Å². The molecule has 1 atom stereocenters. The quantitative estimate of drug-likeness (QED) is 0.222. The van der Waals surface area contributed by atoms with Crippen LogP contribution in [0.3, 0.4) is 0 Å². The molecule has 11 nitrogen and oxygen atoms in total. The van der Waals surface area contributed by atoms with Gasteiger partial charge in [-0.15, -0.1) is 0 Å². The van der Waals surface area contributed by atoms with E-state index < -0.39 is 29.5 Å². The number of halogens is 3. The van der Waals surface area contributed by atoms with E-state index in [-0.39, 0.29) is 23.0 Å². The second kappa shape index (κ2) is 12.2. The lowest BCUT2D eigenvalue weighted by molar-refractivity contribution is -0.884. The molecule has 0 saturated carbocycles. The molecule has 1 amide bonds. The number of quaternary nitrogens is 1. The van der Waals surface area contributed by atoms with E-state index in [4.69, 9.17) is 4.42 Å². The van der Waals surface area contributed by atoms with Crippen LogP contribution in [0.25, 0.3) is 22.8 Å². The molecular formula is C32H32F3N8O3+. The number of oxazole rings is 1. The lowest BCUT2D eigenvalue weighted by Gasteiger charge is -2.22. The summed E-state index contributed by atoms with van der Waals surface area (Å²) in [5, 5.41) is 16.4. The summed E-state index contributed by atoms with van der Waals surface area (Å²) in [6.45, 7) is 3.91. The highest BCUT2D eigenvalue weighted by atomic mass is 19.4. The van der Waals surface area contributed by atoms with E-state index in [1.807, 2.05) is 34.1 Å². The Morgan fingerprint density at radius 1 is 1.11 bits per heavy atom. The number of benzene rings is 2. The van der Waals surface area contributed by atoms with Crippen molar-refractivity contribution in [2.45, 2.75) is 39.0 Å². The van der Waals surface area contributed by atoms with Crippen molar-refractivity contribution in [1.82, 2.24) is 29.2 Å². The normalized spacial score (nSPS) is 12.6. The van der Waals surface area contributed by atoms with E-state index >= 15 is 0 Å². The van der Waals surface area contributed by atoms with Crippen molar-refractivity contribution in [3.05, 3.63) is 106 Å². The van der Waals surface area contributed by atoms with Gasteiger partial charge in [0, 0.05) is 0 Å². The highest BCUT2D eigenvalue weighted by molar-refractivity contribution is 5.83. The molecule has 0 spiro atoms. The predicted molar refractivity (Wildman–Crippen MR) is 162 cm³/mol. The Morgan fingerprint density at radius 3 is 2.46 bits per heavy atom. The Balaban J connectivity index is 1.65. The highest BCUT2D eigenvalue weighted by Crippen LogP contribution is 2.32. The smallest absolute Gasteiger partial charge is 0.416 e. The van der Waals surface area contributed by atoms with Crippen molar-refractivity contribution in [2.24, 2.45) is 0 Å². The summed E-state index contributed by atoms with van der Waals surface area (Å²) in [5.41, 5.74) is -0.335. The van der Waals surface area contributed by atoms with Crippen LogP contribution >= 0.6 is 0 Å². The summed E-state index contributed by atoms with van der Waals surface area (Å²) in [5.74, 6) is 0.872. The van der Waals surface area contributed by atoms with Crippen LogP contribution in [0.4, 0.5) is 18.0 Å². The molecular weight excluding hydrogens is 601 g/mol. The summed E-state index contributed by atoms with van der Waals surface area (Å²) < 4.78 is 50.9. The highest BCUT2D eigenvalue weighted by Gasteiger charge is 2.32. The largest absolute Gasteiger partial charge is 0.437 e. The maximum Gasteiger partial charge on any atom is 0.416 e. The van der Waals surface area contributed by atoms with Crippen molar-refractivity contribution < 1.29 is 26.9 Å². The van der Waals surface area contributed by atoms with Crippen LogP contribution in [-0.4, -0.2) is 55.6 Å². The van der Waals surface area contributed by atoms with Gasteiger partial charge in [-0.2, -0.15) is 23.5 Å². The number of rotatable bonds is 8. The van der Waals surface area contributed by atoms with E-state index in [9.17, 15) is 28.0 Å². The zero-order chi connectivity index (χ0) is 33.4. The monoisotopic (exact) mass is 633 g/mol. The number of carbonyl (C=O) groups is 1. The minimum Gasteiger partial charge on any atom is -0.437 e. The molecule has 0 fully saturated rings. The van der Waals surface area contributed by atoms with Crippen molar-refractivity contribution in [2.75, 3.05) is 21.1 Å². The van der Waals surface area contributed by atoms with Gasteiger partial charge in [-0.3, -0.25) is 4.57 Å².